The van der Waals surface area contributed by atoms with Crippen molar-refractivity contribution in [2.75, 3.05) is 0 Å². The lowest BCUT2D eigenvalue weighted by molar-refractivity contribution is 0.469. The highest BCUT2D eigenvalue weighted by Gasteiger charge is 2.31. The Balaban J connectivity index is 2.73. The van der Waals surface area contributed by atoms with Gasteiger partial charge in [0.2, 0.25) is 0 Å². The van der Waals surface area contributed by atoms with Gasteiger partial charge in [0.1, 0.15) is 9.79 Å². The molecule has 10 heteroatoms. The van der Waals surface area contributed by atoms with Gasteiger partial charge in [-0.05, 0) is 0 Å². The summed E-state index contributed by atoms with van der Waals surface area (Å²) in [5.74, 6) is 0. The van der Waals surface area contributed by atoms with Gasteiger partial charge in [0, 0.05) is 10.8 Å². The van der Waals surface area contributed by atoms with Crippen LogP contribution in [-0.2, 0) is 20.2 Å². The van der Waals surface area contributed by atoms with Crippen LogP contribution in [0.4, 0.5) is 0 Å². The Labute approximate surface area is 121 Å². The van der Waals surface area contributed by atoms with Crippen LogP contribution in [0.1, 0.15) is 0 Å². The van der Waals surface area contributed by atoms with E-state index in [9.17, 15) is 25.9 Å². The van der Waals surface area contributed by atoms with Crippen LogP contribution in [0.3, 0.4) is 0 Å². The first-order chi connectivity index (χ1) is 9.21. The average molecular weight is 350 g/mol. The first kappa shape index (κ1) is 13.9. The Hall–Kier alpha value is -1.04. The van der Waals surface area contributed by atoms with Gasteiger partial charge in [0.05, 0.1) is 9.40 Å². The highest BCUT2D eigenvalue weighted by Crippen LogP contribution is 2.46. The highest BCUT2D eigenvalue weighted by atomic mass is 32.9. The van der Waals surface area contributed by atoms with Crippen molar-refractivity contribution in [1.29, 1.82) is 0 Å². The molecule has 106 valence electrons. The quantitative estimate of drug-likeness (QED) is 0.543. The zero-order valence-electron chi connectivity index (χ0n) is 9.47. The van der Waals surface area contributed by atoms with E-state index in [1.54, 1.807) is 12.1 Å². The third-order valence-corrected chi connectivity index (χ3v) is 7.51. The van der Waals surface area contributed by atoms with Crippen LogP contribution in [-0.4, -0.2) is 25.9 Å². The van der Waals surface area contributed by atoms with Crippen molar-refractivity contribution >= 4 is 61.1 Å². The minimum absolute atomic E-state index is 0.0641. The molecule has 0 aliphatic heterocycles. The molecule has 0 aliphatic carbocycles. The second-order valence-corrected chi connectivity index (χ2v) is 8.85. The Morgan fingerprint density at radius 3 is 1.70 bits per heavy atom. The van der Waals surface area contributed by atoms with Gasteiger partial charge in [0.25, 0.3) is 20.2 Å². The Morgan fingerprint density at radius 2 is 1.25 bits per heavy atom. The van der Waals surface area contributed by atoms with E-state index in [4.69, 9.17) is 0 Å². The van der Waals surface area contributed by atoms with Crippen molar-refractivity contribution < 1.29 is 25.9 Å². The van der Waals surface area contributed by atoms with Gasteiger partial charge >= 0.3 is 0 Å². The third-order valence-electron chi connectivity index (χ3n) is 2.76. The number of hydrogen-bond donors (Lipinski definition) is 2. The number of benzene rings is 2. The maximum Gasteiger partial charge on any atom is 0.297 e. The summed E-state index contributed by atoms with van der Waals surface area (Å²) in [4.78, 5) is -1.53. The van der Waals surface area contributed by atoms with E-state index in [-0.39, 0.29) is 10.1 Å². The summed E-state index contributed by atoms with van der Waals surface area (Å²) in [5.41, 5.74) is 0. The fourth-order valence-corrected chi connectivity index (χ4v) is 7.04. The molecule has 2 N–H and O–H groups in total. The van der Waals surface area contributed by atoms with Gasteiger partial charge in [-0.3, -0.25) is 9.11 Å². The van der Waals surface area contributed by atoms with Gasteiger partial charge in [-0.15, -0.1) is 0 Å². The van der Waals surface area contributed by atoms with Crippen molar-refractivity contribution in [2.45, 2.75) is 9.79 Å². The smallest absolute Gasteiger partial charge is 0.282 e. The first-order valence-corrected chi connectivity index (χ1v) is 10.1. The normalized spacial score (nSPS) is 13.3. The minimum Gasteiger partial charge on any atom is -0.282 e. The second kappa shape index (κ2) is 4.23. The predicted octanol–water partition coefficient (Wildman–Crippen LogP) is 2.61. The highest BCUT2D eigenvalue weighted by molar-refractivity contribution is 7.90. The molecule has 0 atom stereocenters. The van der Waals surface area contributed by atoms with E-state index in [0.717, 1.165) is 10.3 Å². The van der Waals surface area contributed by atoms with Gasteiger partial charge in [-0.2, -0.15) is 16.8 Å². The zero-order chi connectivity index (χ0) is 14.7. The van der Waals surface area contributed by atoms with Gasteiger partial charge < -0.3 is 0 Å². The fraction of sp³-hybridized carbons (Fsp3) is 0. The summed E-state index contributed by atoms with van der Waals surface area (Å²) in [7, 11) is -7.29. The number of hydrogen-bond acceptors (Lipinski definition) is 6. The number of rotatable bonds is 2. The first-order valence-electron chi connectivity index (χ1n) is 5.09. The molecule has 0 unspecified atom stereocenters. The SMILES string of the molecule is O=S(=O)(O)c1c(S(=O)(=O)O)c2ssc2c2ccccc12. The van der Waals surface area contributed by atoms with Crippen molar-refractivity contribution in [1.82, 2.24) is 0 Å². The monoisotopic (exact) mass is 350 g/mol. The van der Waals surface area contributed by atoms with Crippen LogP contribution in [0, 0.1) is 0 Å². The Bertz CT molecular complexity index is 1040. The molecule has 0 saturated carbocycles. The van der Waals surface area contributed by atoms with Gasteiger partial charge in [-0.25, -0.2) is 0 Å². The van der Waals surface area contributed by atoms with Gasteiger partial charge in [0.15, 0.2) is 0 Å². The molecule has 1 heterocycles. The molecule has 3 rings (SSSR count). The molecule has 0 spiro atoms. The molecular weight excluding hydrogens is 344 g/mol. The molecule has 3 aromatic rings. The molecule has 1 aromatic heterocycles. The summed E-state index contributed by atoms with van der Waals surface area (Å²) < 4.78 is 65.5. The lowest BCUT2D eigenvalue weighted by atomic mass is 10.1. The molecule has 0 saturated heterocycles. The maximum atomic E-state index is 11.6. The maximum absolute atomic E-state index is 11.6. The van der Waals surface area contributed by atoms with Crippen LogP contribution in [0.5, 0.6) is 0 Å². The van der Waals surface area contributed by atoms with Gasteiger partial charge in [-0.1, -0.05) is 44.9 Å². The molecule has 0 fully saturated rings. The molecule has 6 nitrogen and oxygen atoms in total. The fourth-order valence-electron chi connectivity index (χ4n) is 2.03. The van der Waals surface area contributed by atoms with Crippen molar-refractivity contribution in [3.63, 3.8) is 0 Å². The van der Waals surface area contributed by atoms with Crippen LogP contribution in [0.2, 0.25) is 0 Å². The standard InChI is InChI=1S/C10H6O6S4/c11-19(12,13)9-6-4-2-1-3-5(6)7-8(18-17-7)10(9)20(14,15)16/h1-4H,(H,11,12,13)(H,14,15,16). The summed E-state index contributed by atoms with van der Waals surface area (Å²) >= 11 is 0. The largest absolute Gasteiger partial charge is 0.297 e. The molecular formula is C10H6O6S4. The second-order valence-electron chi connectivity index (χ2n) is 3.98. The van der Waals surface area contributed by atoms with E-state index in [1.807, 2.05) is 0 Å². The lowest BCUT2D eigenvalue weighted by Crippen LogP contribution is -2.10. The van der Waals surface area contributed by atoms with Crippen LogP contribution < -0.4 is 0 Å². The third kappa shape index (κ3) is 1.96. The summed E-state index contributed by atoms with van der Waals surface area (Å²) in [6.45, 7) is 0. The van der Waals surface area contributed by atoms with E-state index < -0.39 is 30.0 Å². The van der Waals surface area contributed by atoms with Crippen LogP contribution in [0.15, 0.2) is 34.1 Å². The molecule has 0 radical (unpaired) electrons. The summed E-state index contributed by atoms with van der Waals surface area (Å²) in [5, 5.41) is 0.584. The summed E-state index contributed by atoms with van der Waals surface area (Å²) in [6.07, 6.45) is 0. The molecule has 0 bridgehead atoms. The Kier molecular flexibility index (Phi) is 2.94. The topological polar surface area (TPSA) is 109 Å². The molecule has 20 heavy (non-hydrogen) atoms. The summed E-state index contributed by atoms with van der Waals surface area (Å²) in [6, 6.07) is 6.21. The molecule has 0 amide bonds. The minimum atomic E-state index is -4.81. The van der Waals surface area contributed by atoms with Crippen LogP contribution in [0.25, 0.3) is 20.2 Å². The van der Waals surface area contributed by atoms with Crippen molar-refractivity contribution in [2.24, 2.45) is 0 Å². The zero-order valence-corrected chi connectivity index (χ0v) is 12.7. The van der Waals surface area contributed by atoms with E-state index >= 15 is 0 Å². The van der Waals surface area contributed by atoms with E-state index in [1.165, 1.54) is 22.5 Å². The number of fused-ring (bicyclic) bond motifs is 3. The van der Waals surface area contributed by atoms with E-state index in [0.29, 0.717) is 10.1 Å². The van der Waals surface area contributed by atoms with Crippen molar-refractivity contribution in [3.05, 3.63) is 24.3 Å². The molecule has 0 aliphatic rings. The Morgan fingerprint density at radius 1 is 0.750 bits per heavy atom. The molecule has 2 aromatic carbocycles. The lowest BCUT2D eigenvalue weighted by Gasteiger charge is -2.13. The van der Waals surface area contributed by atoms with E-state index in [2.05, 4.69) is 0 Å². The van der Waals surface area contributed by atoms with Crippen molar-refractivity contribution in [3.8, 4) is 0 Å². The predicted molar refractivity (Wildman–Crippen MR) is 76.8 cm³/mol. The average Bonchev–Trinajstić information content (AvgIpc) is 2.25. The van der Waals surface area contributed by atoms with Crippen LogP contribution >= 0.6 is 20.7 Å².